The van der Waals surface area contributed by atoms with Crippen LogP contribution in [0.1, 0.15) is 39.5 Å². The van der Waals surface area contributed by atoms with E-state index < -0.39 is 0 Å². The lowest BCUT2D eigenvalue weighted by Crippen LogP contribution is -2.41. The van der Waals surface area contributed by atoms with Crippen LogP contribution in [0.25, 0.3) is 0 Å². The van der Waals surface area contributed by atoms with E-state index in [1.165, 1.54) is 50.4 Å². The third-order valence-corrected chi connectivity index (χ3v) is 4.00. The Labute approximate surface area is 118 Å². The summed E-state index contributed by atoms with van der Waals surface area (Å²) in [4.78, 5) is 2.58. The van der Waals surface area contributed by atoms with Gasteiger partial charge in [-0.05, 0) is 50.6 Å². The van der Waals surface area contributed by atoms with E-state index in [0.29, 0.717) is 5.92 Å². The highest BCUT2D eigenvalue weighted by atomic mass is 16.5. The molecule has 2 saturated heterocycles. The Kier molecular flexibility index (Phi) is 8.62. The van der Waals surface area contributed by atoms with Gasteiger partial charge in [-0.1, -0.05) is 13.8 Å². The highest BCUT2D eigenvalue weighted by Gasteiger charge is 2.23. The highest BCUT2D eigenvalue weighted by Crippen LogP contribution is 2.21. The van der Waals surface area contributed by atoms with E-state index in [1.807, 2.05) is 13.8 Å². The maximum absolute atomic E-state index is 9.23. The molecule has 2 rings (SSSR count). The van der Waals surface area contributed by atoms with Crippen LogP contribution in [-0.4, -0.2) is 61.6 Å². The van der Waals surface area contributed by atoms with Gasteiger partial charge in [0.15, 0.2) is 0 Å². The first-order chi connectivity index (χ1) is 9.24. The summed E-state index contributed by atoms with van der Waals surface area (Å²) in [6, 6.07) is 0. The van der Waals surface area contributed by atoms with Crippen LogP contribution in [0.5, 0.6) is 0 Å². The standard InChI is InChI=1S/C13H26N2O2.C2H6/c1-14(16)9-12-4-6-15(7-5-12)10-13-3-2-8-17-11-13;1-2/h12-13,16H,2-11H2,1H3;1-2H3. The Morgan fingerprint density at radius 2 is 1.84 bits per heavy atom. The van der Waals surface area contributed by atoms with E-state index in [-0.39, 0.29) is 0 Å². The third kappa shape index (κ3) is 6.70. The van der Waals surface area contributed by atoms with E-state index in [4.69, 9.17) is 4.74 Å². The minimum Gasteiger partial charge on any atom is -0.381 e. The summed E-state index contributed by atoms with van der Waals surface area (Å²) in [5.74, 6) is 1.42. The van der Waals surface area contributed by atoms with Crippen LogP contribution < -0.4 is 0 Å². The summed E-state index contributed by atoms with van der Waals surface area (Å²) in [6.07, 6.45) is 5.01. The summed E-state index contributed by atoms with van der Waals surface area (Å²) < 4.78 is 5.53. The molecule has 1 N–H and O–H groups in total. The van der Waals surface area contributed by atoms with Gasteiger partial charge >= 0.3 is 0 Å². The lowest BCUT2D eigenvalue weighted by Gasteiger charge is -2.35. The van der Waals surface area contributed by atoms with Crippen LogP contribution in [0.3, 0.4) is 0 Å². The van der Waals surface area contributed by atoms with Gasteiger partial charge in [0, 0.05) is 26.7 Å². The molecule has 1 atom stereocenters. The molecule has 2 aliphatic rings. The van der Waals surface area contributed by atoms with Crippen molar-refractivity contribution in [2.45, 2.75) is 39.5 Å². The zero-order chi connectivity index (χ0) is 14.1. The number of piperidine rings is 1. The fourth-order valence-corrected chi connectivity index (χ4v) is 3.04. The zero-order valence-electron chi connectivity index (χ0n) is 13.0. The Morgan fingerprint density at radius 1 is 1.16 bits per heavy atom. The molecule has 19 heavy (non-hydrogen) atoms. The first-order valence-corrected chi connectivity index (χ1v) is 7.94. The predicted octanol–water partition coefficient (Wildman–Crippen LogP) is 2.47. The average molecular weight is 272 g/mol. The Balaban J connectivity index is 0.000000861. The first-order valence-electron chi connectivity index (χ1n) is 7.94. The van der Waals surface area contributed by atoms with Gasteiger partial charge in [0.1, 0.15) is 0 Å². The van der Waals surface area contributed by atoms with Crippen molar-refractivity contribution in [2.24, 2.45) is 11.8 Å². The van der Waals surface area contributed by atoms with Crippen LogP contribution in [0.15, 0.2) is 0 Å². The summed E-state index contributed by atoms with van der Waals surface area (Å²) in [5, 5.41) is 10.6. The smallest absolute Gasteiger partial charge is 0.0506 e. The van der Waals surface area contributed by atoms with E-state index in [9.17, 15) is 5.21 Å². The number of likely N-dealkylation sites (tertiary alicyclic amines) is 1. The maximum Gasteiger partial charge on any atom is 0.0506 e. The molecule has 0 bridgehead atoms. The second-order valence-corrected chi connectivity index (χ2v) is 5.67. The topological polar surface area (TPSA) is 35.9 Å². The van der Waals surface area contributed by atoms with Gasteiger partial charge in [-0.3, -0.25) is 0 Å². The largest absolute Gasteiger partial charge is 0.381 e. The quantitative estimate of drug-likeness (QED) is 0.798. The van der Waals surface area contributed by atoms with Crippen molar-refractivity contribution < 1.29 is 9.94 Å². The molecular weight excluding hydrogens is 240 g/mol. The van der Waals surface area contributed by atoms with Gasteiger partial charge in [-0.25, -0.2) is 0 Å². The molecule has 2 aliphatic heterocycles. The maximum atomic E-state index is 9.23. The second-order valence-electron chi connectivity index (χ2n) is 5.67. The van der Waals surface area contributed by atoms with Crippen LogP contribution in [-0.2, 0) is 4.74 Å². The lowest BCUT2D eigenvalue weighted by molar-refractivity contribution is -0.0816. The van der Waals surface area contributed by atoms with Crippen LogP contribution >= 0.6 is 0 Å². The van der Waals surface area contributed by atoms with Crippen molar-refractivity contribution in [3.8, 4) is 0 Å². The van der Waals surface area contributed by atoms with Gasteiger partial charge in [0.25, 0.3) is 0 Å². The van der Waals surface area contributed by atoms with Gasteiger partial charge < -0.3 is 14.8 Å². The molecule has 114 valence electrons. The number of rotatable bonds is 4. The Hall–Kier alpha value is -0.160. The van der Waals surface area contributed by atoms with Gasteiger partial charge in [-0.15, -0.1) is 0 Å². The number of hydroxylamine groups is 2. The van der Waals surface area contributed by atoms with Crippen molar-refractivity contribution in [2.75, 3.05) is 46.4 Å². The summed E-state index contributed by atoms with van der Waals surface area (Å²) in [6.45, 7) is 10.3. The Morgan fingerprint density at radius 3 is 2.37 bits per heavy atom. The highest BCUT2D eigenvalue weighted by molar-refractivity contribution is 4.76. The van der Waals surface area contributed by atoms with Crippen molar-refractivity contribution in [3.05, 3.63) is 0 Å². The van der Waals surface area contributed by atoms with E-state index in [1.54, 1.807) is 7.05 Å². The summed E-state index contributed by atoms with van der Waals surface area (Å²) >= 11 is 0. The summed E-state index contributed by atoms with van der Waals surface area (Å²) in [5.41, 5.74) is 0. The minimum atomic E-state index is 0.670. The normalized spacial score (nSPS) is 26.1. The fourth-order valence-electron chi connectivity index (χ4n) is 3.04. The summed E-state index contributed by atoms with van der Waals surface area (Å²) in [7, 11) is 1.74. The molecule has 0 spiro atoms. The first kappa shape index (κ1) is 16.9. The van der Waals surface area contributed by atoms with E-state index in [2.05, 4.69) is 4.90 Å². The predicted molar refractivity (Wildman–Crippen MR) is 78.5 cm³/mol. The van der Waals surface area contributed by atoms with E-state index >= 15 is 0 Å². The second kappa shape index (κ2) is 9.70. The zero-order valence-corrected chi connectivity index (χ0v) is 13.0. The number of hydrogen-bond donors (Lipinski definition) is 1. The third-order valence-electron chi connectivity index (χ3n) is 4.00. The van der Waals surface area contributed by atoms with Gasteiger partial charge in [-0.2, -0.15) is 5.06 Å². The molecule has 4 nitrogen and oxygen atoms in total. The Bertz CT molecular complexity index is 210. The molecule has 0 saturated carbocycles. The van der Waals surface area contributed by atoms with Crippen molar-refractivity contribution in [1.29, 1.82) is 0 Å². The molecule has 2 heterocycles. The lowest BCUT2D eigenvalue weighted by atomic mass is 9.94. The van der Waals surface area contributed by atoms with Crippen molar-refractivity contribution in [3.63, 3.8) is 0 Å². The van der Waals surface area contributed by atoms with Crippen LogP contribution in [0.2, 0.25) is 0 Å². The molecule has 0 aromatic carbocycles. The van der Waals surface area contributed by atoms with E-state index in [0.717, 1.165) is 25.7 Å². The van der Waals surface area contributed by atoms with Crippen molar-refractivity contribution >= 4 is 0 Å². The molecular formula is C15H32N2O2. The molecule has 0 amide bonds. The van der Waals surface area contributed by atoms with Crippen LogP contribution in [0.4, 0.5) is 0 Å². The SMILES string of the molecule is CC.CN(O)CC1CCN(CC2CCCOC2)CC1. The molecule has 0 radical (unpaired) electrons. The minimum absolute atomic E-state index is 0.670. The monoisotopic (exact) mass is 272 g/mol. The average Bonchev–Trinajstić information content (AvgIpc) is 2.44. The van der Waals surface area contributed by atoms with Crippen molar-refractivity contribution in [1.82, 2.24) is 9.96 Å². The number of hydrogen-bond acceptors (Lipinski definition) is 4. The molecule has 0 aromatic rings. The van der Waals surface area contributed by atoms with Gasteiger partial charge in [0.2, 0.25) is 0 Å². The molecule has 2 fully saturated rings. The fraction of sp³-hybridized carbons (Fsp3) is 1.00. The molecule has 1 unspecified atom stereocenters. The molecule has 4 heteroatoms. The van der Waals surface area contributed by atoms with Crippen LogP contribution in [0, 0.1) is 11.8 Å². The molecule has 0 aromatic heterocycles. The number of nitrogens with zero attached hydrogens (tertiary/aromatic N) is 2. The number of ether oxygens (including phenoxy) is 1. The molecule has 0 aliphatic carbocycles. The van der Waals surface area contributed by atoms with Gasteiger partial charge in [0.05, 0.1) is 6.61 Å².